The smallest absolute Gasteiger partial charge is 0.248 e. The van der Waals surface area contributed by atoms with Gasteiger partial charge < -0.3 is 19.9 Å². The second-order valence-corrected chi connectivity index (χ2v) is 4.62. The molecule has 0 aliphatic carbocycles. The van der Waals surface area contributed by atoms with Crippen LogP contribution in [0, 0.1) is 6.92 Å². The minimum atomic E-state index is -0.390. The molecule has 0 fully saturated rings. The zero-order valence-corrected chi connectivity index (χ0v) is 12.3. The van der Waals surface area contributed by atoms with Crippen molar-refractivity contribution in [2.75, 3.05) is 17.7 Å². The molecule has 1 atom stereocenters. The van der Waals surface area contributed by atoms with Crippen LogP contribution in [0.25, 0.3) is 0 Å². The Hall–Kier alpha value is -2.50. The molecule has 0 unspecified atom stereocenters. The van der Waals surface area contributed by atoms with E-state index in [1.807, 2.05) is 31.2 Å². The van der Waals surface area contributed by atoms with Crippen molar-refractivity contribution in [2.45, 2.75) is 26.3 Å². The summed E-state index contributed by atoms with van der Waals surface area (Å²) in [6.45, 7) is 3.70. The van der Waals surface area contributed by atoms with Gasteiger partial charge in [-0.1, -0.05) is 24.2 Å². The van der Waals surface area contributed by atoms with Crippen molar-refractivity contribution in [1.29, 1.82) is 0 Å². The Kier molecular flexibility index (Phi) is 4.81. The van der Waals surface area contributed by atoms with Crippen molar-refractivity contribution in [2.24, 2.45) is 0 Å². The van der Waals surface area contributed by atoms with Crippen LogP contribution in [0.2, 0.25) is 0 Å². The van der Waals surface area contributed by atoms with Gasteiger partial charge >= 0.3 is 0 Å². The van der Waals surface area contributed by atoms with Gasteiger partial charge in [0, 0.05) is 6.07 Å². The third-order valence-corrected chi connectivity index (χ3v) is 3.04. The quantitative estimate of drug-likeness (QED) is 0.855. The van der Waals surface area contributed by atoms with E-state index < -0.39 is 6.04 Å². The number of amides is 1. The first-order valence-corrected chi connectivity index (χ1v) is 6.77. The zero-order valence-electron chi connectivity index (χ0n) is 12.3. The third kappa shape index (κ3) is 3.75. The van der Waals surface area contributed by atoms with Crippen LogP contribution in [0.15, 0.2) is 34.9 Å². The fraction of sp³-hybridized carbons (Fsp3) is 0.333. The summed E-state index contributed by atoms with van der Waals surface area (Å²) in [6.07, 6.45) is 0.626. The summed E-state index contributed by atoms with van der Waals surface area (Å²) in [6, 6.07) is 8.76. The molecule has 21 heavy (non-hydrogen) atoms. The van der Waals surface area contributed by atoms with Crippen molar-refractivity contribution < 1.29 is 14.1 Å². The van der Waals surface area contributed by atoms with E-state index in [0.29, 0.717) is 23.7 Å². The first kappa shape index (κ1) is 14.9. The predicted octanol–water partition coefficient (Wildman–Crippen LogP) is 2.82. The molecule has 0 aliphatic rings. The average Bonchev–Trinajstić information content (AvgIpc) is 2.90. The fourth-order valence-corrected chi connectivity index (χ4v) is 1.94. The minimum absolute atomic E-state index is 0.170. The van der Waals surface area contributed by atoms with E-state index in [9.17, 15) is 4.79 Å². The van der Waals surface area contributed by atoms with Crippen LogP contribution in [0.5, 0.6) is 5.75 Å². The summed E-state index contributed by atoms with van der Waals surface area (Å²) in [4.78, 5) is 12.3. The summed E-state index contributed by atoms with van der Waals surface area (Å²) in [5, 5.41) is 9.66. The summed E-state index contributed by atoms with van der Waals surface area (Å²) in [5.74, 6) is 1.59. The van der Waals surface area contributed by atoms with Gasteiger partial charge in [-0.25, -0.2) is 0 Å². The normalized spacial score (nSPS) is 11.8. The number of ether oxygens (including phenoxy) is 1. The molecule has 0 saturated heterocycles. The standard InChI is InChI=1S/C15H19N3O3/c1-4-11(15(19)17-14-9-10(2)21-18-14)16-12-7-5-6-8-13(12)20-3/h5-9,11,16H,4H2,1-3H3,(H,17,18,19)/t11-/m1/s1. The van der Waals surface area contributed by atoms with Gasteiger partial charge in [0.05, 0.1) is 12.8 Å². The lowest BCUT2D eigenvalue weighted by molar-refractivity contribution is -0.117. The van der Waals surface area contributed by atoms with E-state index >= 15 is 0 Å². The number of rotatable bonds is 6. The zero-order chi connectivity index (χ0) is 15.2. The van der Waals surface area contributed by atoms with Crippen molar-refractivity contribution in [3.05, 3.63) is 36.1 Å². The molecule has 2 aromatic rings. The third-order valence-electron chi connectivity index (χ3n) is 3.04. The summed E-state index contributed by atoms with van der Waals surface area (Å²) >= 11 is 0. The number of carbonyl (C=O) groups is 1. The second-order valence-electron chi connectivity index (χ2n) is 4.62. The van der Waals surface area contributed by atoms with E-state index in [4.69, 9.17) is 9.26 Å². The van der Waals surface area contributed by atoms with E-state index in [1.165, 1.54) is 0 Å². The van der Waals surface area contributed by atoms with E-state index in [1.54, 1.807) is 20.1 Å². The van der Waals surface area contributed by atoms with Crippen molar-refractivity contribution in [3.8, 4) is 5.75 Å². The predicted molar refractivity (Wildman–Crippen MR) is 80.6 cm³/mol. The fourth-order valence-electron chi connectivity index (χ4n) is 1.94. The van der Waals surface area contributed by atoms with Crippen molar-refractivity contribution >= 4 is 17.4 Å². The molecule has 1 aromatic heterocycles. The highest BCUT2D eigenvalue weighted by Gasteiger charge is 2.18. The summed E-state index contributed by atoms with van der Waals surface area (Å²) < 4.78 is 10.2. The topological polar surface area (TPSA) is 76.4 Å². The Bertz CT molecular complexity index is 610. The molecule has 2 N–H and O–H groups in total. The number of nitrogens with one attached hydrogen (secondary N) is 2. The lowest BCUT2D eigenvalue weighted by atomic mass is 10.2. The van der Waals surface area contributed by atoms with Gasteiger partial charge in [0.2, 0.25) is 5.91 Å². The number of hydrogen-bond acceptors (Lipinski definition) is 5. The van der Waals surface area contributed by atoms with Gasteiger partial charge in [0.25, 0.3) is 0 Å². The van der Waals surface area contributed by atoms with Gasteiger partial charge in [0.1, 0.15) is 17.6 Å². The summed E-state index contributed by atoms with van der Waals surface area (Å²) in [5.41, 5.74) is 0.776. The molecular weight excluding hydrogens is 270 g/mol. The average molecular weight is 289 g/mol. The number of aromatic nitrogens is 1. The molecule has 1 heterocycles. The first-order chi connectivity index (χ1) is 10.1. The van der Waals surface area contributed by atoms with E-state index in [-0.39, 0.29) is 5.91 Å². The largest absolute Gasteiger partial charge is 0.495 e. The molecule has 0 saturated carbocycles. The van der Waals surface area contributed by atoms with Gasteiger partial charge in [0.15, 0.2) is 5.82 Å². The van der Waals surface area contributed by atoms with Crippen LogP contribution in [0.4, 0.5) is 11.5 Å². The highest BCUT2D eigenvalue weighted by atomic mass is 16.5. The van der Waals surface area contributed by atoms with E-state index in [0.717, 1.165) is 5.69 Å². The molecule has 6 nitrogen and oxygen atoms in total. The highest BCUT2D eigenvalue weighted by Crippen LogP contribution is 2.24. The Morgan fingerprint density at radius 2 is 2.19 bits per heavy atom. The van der Waals surface area contributed by atoms with Crippen LogP contribution in [0.1, 0.15) is 19.1 Å². The van der Waals surface area contributed by atoms with Crippen LogP contribution in [0.3, 0.4) is 0 Å². The minimum Gasteiger partial charge on any atom is -0.495 e. The molecule has 6 heteroatoms. The number of carbonyl (C=O) groups excluding carboxylic acids is 1. The van der Waals surface area contributed by atoms with E-state index in [2.05, 4.69) is 15.8 Å². The molecule has 0 bridgehead atoms. The Morgan fingerprint density at radius 1 is 1.43 bits per heavy atom. The van der Waals surface area contributed by atoms with Gasteiger partial charge in [-0.3, -0.25) is 4.79 Å². The van der Waals surface area contributed by atoms with Crippen molar-refractivity contribution in [3.63, 3.8) is 0 Å². The van der Waals surface area contributed by atoms with Gasteiger partial charge in [-0.15, -0.1) is 0 Å². The lowest BCUT2D eigenvalue weighted by Crippen LogP contribution is -2.34. The van der Waals surface area contributed by atoms with Crippen LogP contribution in [-0.4, -0.2) is 24.2 Å². The monoisotopic (exact) mass is 289 g/mol. The lowest BCUT2D eigenvalue weighted by Gasteiger charge is -2.18. The summed E-state index contributed by atoms with van der Waals surface area (Å²) in [7, 11) is 1.60. The highest BCUT2D eigenvalue weighted by molar-refractivity contribution is 5.96. The number of nitrogens with zero attached hydrogens (tertiary/aromatic N) is 1. The van der Waals surface area contributed by atoms with Crippen molar-refractivity contribution in [1.82, 2.24) is 5.16 Å². The molecular formula is C15H19N3O3. The van der Waals surface area contributed by atoms with Gasteiger partial charge in [-0.05, 0) is 25.5 Å². The van der Waals surface area contributed by atoms with Crippen LogP contribution < -0.4 is 15.4 Å². The number of benzene rings is 1. The molecule has 112 valence electrons. The number of hydrogen-bond donors (Lipinski definition) is 2. The maximum Gasteiger partial charge on any atom is 0.248 e. The Labute approximate surface area is 123 Å². The Morgan fingerprint density at radius 3 is 2.81 bits per heavy atom. The molecule has 1 aromatic carbocycles. The Balaban J connectivity index is 2.06. The molecule has 0 radical (unpaired) electrons. The maximum absolute atomic E-state index is 12.3. The first-order valence-electron chi connectivity index (χ1n) is 6.77. The van der Waals surface area contributed by atoms with Gasteiger partial charge in [-0.2, -0.15) is 0 Å². The SMILES string of the molecule is CC[C@@H](Nc1ccccc1OC)C(=O)Nc1cc(C)on1. The second kappa shape index (κ2) is 6.78. The number of para-hydroxylation sites is 2. The molecule has 2 rings (SSSR count). The number of anilines is 2. The molecule has 0 spiro atoms. The molecule has 0 aliphatic heterocycles. The number of aryl methyl sites for hydroxylation is 1. The van der Waals surface area contributed by atoms with Crippen LogP contribution in [-0.2, 0) is 4.79 Å². The molecule has 1 amide bonds. The van der Waals surface area contributed by atoms with Crippen LogP contribution >= 0.6 is 0 Å². The maximum atomic E-state index is 12.3. The number of methoxy groups -OCH3 is 1.